The molecule has 0 atom stereocenters. The number of carbonyl (C=O) groups is 2. The van der Waals surface area contributed by atoms with Crippen LogP contribution in [0.25, 0.3) is 34.3 Å². The Bertz CT molecular complexity index is 1310. The molecular weight excluding hydrogens is 424 g/mol. The molecule has 10 nitrogen and oxygen atoms in total. The van der Waals surface area contributed by atoms with E-state index in [9.17, 15) is 9.59 Å². The highest BCUT2D eigenvalue weighted by molar-refractivity contribution is 5.94. The van der Waals surface area contributed by atoms with Gasteiger partial charge in [0.25, 0.3) is 11.8 Å². The van der Waals surface area contributed by atoms with Crippen LogP contribution in [0.5, 0.6) is 0 Å². The van der Waals surface area contributed by atoms with Gasteiger partial charge in [-0.3, -0.25) is 4.79 Å². The Kier molecular flexibility index (Phi) is 5.81. The number of hydrogen-bond acceptors (Lipinski definition) is 9. The number of benzene rings is 2. The van der Waals surface area contributed by atoms with Crippen molar-refractivity contribution in [1.29, 1.82) is 0 Å². The third-order valence-electron chi connectivity index (χ3n) is 4.82. The first-order valence-electron chi connectivity index (χ1n) is 9.84. The zero-order chi connectivity index (χ0) is 23.5. The van der Waals surface area contributed by atoms with Gasteiger partial charge in [-0.25, -0.2) is 14.8 Å². The summed E-state index contributed by atoms with van der Waals surface area (Å²) in [7, 11) is 4.71. The smallest absolute Gasteiger partial charge is 0.337 e. The summed E-state index contributed by atoms with van der Waals surface area (Å²) in [6, 6.07) is 13.5. The Morgan fingerprint density at radius 2 is 1.52 bits per heavy atom. The molecule has 4 rings (SSSR count). The van der Waals surface area contributed by atoms with Crippen molar-refractivity contribution in [2.45, 2.75) is 0 Å². The molecule has 2 heterocycles. The van der Waals surface area contributed by atoms with E-state index in [0.29, 0.717) is 22.4 Å². The molecule has 0 saturated carbocycles. The summed E-state index contributed by atoms with van der Waals surface area (Å²) in [5, 5.41) is 8.10. The molecule has 0 aliphatic heterocycles. The molecule has 0 spiro atoms. The minimum absolute atomic E-state index is 0.0939. The van der Waals surface area contributed by atoms with Crippen LogP contribution < -0.4 is 5.73 Å². The monoisotopic (exact) mass is 444 g/mol. The molecule has 10 heteroatoms. The van der Waals surface area contributed by atoms with Gasteiger partial charge in [0.05, 0.1) is 24.6 Å². The number of anilines is 1. The van der Waals surface area contributed by atoms with Crippen molar-refractivity contribution in [2.24, 2.45) is 0 Å². The molecule has 0 unspecified atom stereocenters. The maximum absolute atomic E-state index is 12.1. The first-order valence-corrected chi connectivity index (χ1v) is 9.84. The molecule has 2 N–H and O–H groups in total. The van der Waals surface area contributed by atoms with Gasteiger partial charge in [-0.15, -0.1) is 10.2 Å². The van der Waals surface area contributed by atoms with E-state index in [2.05, 4.69) is 20.2 Å². The van der Waals surface area contributed by atoms with E-state index in [1.54, 1.807) is 62.6 Å². The van der Waals surface area contributed by atoms with Gasteiger partial charge >= 0.3 is 5.97 Å². The predicted octanol–water partition coefficient (Wildman–Crippen LogP) is 2.93. The maximum Gasteiger partial charge on any atom is 0.337 e. The lowest BCUT2D eigenvalue weighted by molar-refractivity contribution is 0.0600. The van der Waals surface area contributed by atoms with Gasteiger partial charge in [0.15, 0.2) is 11.5 Å². The van der Waals surface area contributed by atoms with Gasteiger partial charge < -0.3 is 19.8 Å². The highest BCUT2D eigenvalue weighted by Crippen LogP contribution is 2.28. The molecule has 0 aliphatic carbocycles. The largest absolute Gasteiger partial charge is 0.465 e. The highest BCUT2D eigenvalue weighted by Gasteiger charge is 2.17. The quantitative estimate of drug-likeness (QED) is 0.460. The summed E-state index contributed by atoms with van der Waals surface area (Å²) in [6.45, 7) is 0. The standard InChI is InChI=1S/C23H20N6O4/c1-29(2)22(30)15-8-4-13(5-9-15)17-12-25-19(24)18(26-17)21-28-27-20(33-21)14-6-10-16(11-7-14)23(31)32-3/h4-12H,1-3H3,(H2,24,25). The van der Waals surface area contributed by atoms with E-state index in [1.807, 2.05) is 0 Å². The van der Waals surface area contributed by atoms with Gasteiger partial charge in [0, 0.05) is 30.8 Å². The maximum atomic E-state index is 12.1. The summed E-state index contributed by atoms with van der Waals surface area (Å²) in [5.41, 5.74) is 9.11. The van der Waals surface area contributed by atoms with Crippen LogP contribution in [-0.2, 0) is 4.74 Å². The zero-order valence-electron chi connectivity index (χ0n) is 18.1. The van der Waals surface area contributed by atoms with Crippen LogP contribution in [0.15, 0.2) is 59.1 Å². The fraction of sp³-hybridized carbons (Fsp3) is 0.130. The molecule has 0 bridgehead atoms. The summed E-state index contributed by atoms with van der Waals surface area (Å²) in [6.07, 6.45) is 1.53. The number of rotatable bonds is 5. The molecule has 166 valence electrons. The first kappa shape index (κ1) is 21.6. The van der Waals surface area contributed by atoms with Crippen LogP contribution in [0, 0.1) is 0 Å². The SMILES string of the molecule is COC(=O)c1ccc(-c2nnc(-c3nc(-c4ccc(C(=O)N(C)C)cc4)cnc3N)o2)cc1. The molecule has 2 aromatic heterocycles. The van der Waals surface area contributed by atoms with Crippen molar-refractivity contribution in [3.8, 4) is 34.3 Å². The Hall–Kier alpha value is -4.60. The van der Waals surface area contributed by atoms with Crippen LogP contribution in [0.2, 0.25) is 0 Å². The number of hydrogen-bond donors (Lipinski definition) is 1. The highest BCUT2D eigenvalue weighted by atomic mass is 16.5. The van der Waals surface area contributed by atoms with Crippen molar-refractivity contribution in [3.05, 3.63) is 65.9 Å². The van der Waals surface area contributed by atoms with Gasteiger partial charge in [-0.1, -0.05) is 12.1 Å². The average molecular weight is 444 g/mol. The molecule has 4 aromatic rings. The number of nitrogens with two attached hydrogens (primary N) is 1. The van der Waals surface area contributed by atoms with Gasteiger partial charge in [-0.2, -0.15) is 0 Å². The summed E-state index contributed by atoms with van der Waals surface area (Å²) in [5.74, 6) is -0.0577. The molecule has 0 saturated heterocycles. The third-order valence-corrected chi connectivity index (χ3v) is 4.82. The number of nitrogen functional groups attached to an aromatic ring is 1. The van der Waals surface area contributed by atoms with Crippen LogP contribution in [0.4, 0.5) is 5.82 Å². The summed E-state index contributed by atoms with van der Waals surface area (Å²) in [4.78, 5) is 33.9. The van der Waals surface area contributed by atoms with Gasteiger partial charge in [0.1, 0.15) is 0 Å². The van der Waals surface area contributed by atoms with Crippen molar-refractivity contribution in [1.82, 2.24) is 25.1 Å². The molecule has 0 fully saturated rings. The number of ether oxygens (including phenoxy) is 1. The fourth-order valence-electron chi connectivity index (χ4n) is 3.04. The van der Waals surface area contributed by atoms with Gasteiger partial charge in [-0.05, 0) is 36.4 Å². The third kappa shape index (κ3) is 4.40. The van der Waals surface area contributed by atoms with Crippen molar-refractivity contribution in [3.63, 3.8) is 0 Å². The minimum atomic E-state index is -0.438. The van der Waals surface area contributed by atoms with E-state index < -0.39 is 5.97 Å². The topological polar surface area (TPSA) is 137 Å². The zero-order valence-corrected chi connectivity index (χ0v) is 18.1. The number of methoxy groups -OCH3 is 1. The first-order chi connectivity index (χ1) is 15.9. The number of esters is 1. The van der Waals surface area contributed by atoms with E-state index >= 15 is 0 Å². The fourth-order valence-corrected chi connectivity index (χ4v) is 3.04. The van der Waals surface area contributed by atoms with Crippen molar-refractivity contribution < 1.29 is 18.7 Å². The number of aromatic nitrogens is 4. The lowest BCUT2D eigenvalue weighted by Gasteiger charge is -2.10. The van der Waals surface area contributed by atoms with E-state index in [4.69, 9.17) is 14.9 Å². The molecular formula is C23H20N6O4. The Balaban J connectivity index is 1.62. The van der Waals surface area contributed by atoms with Crippen molar-refractivity contribution >= 4 is 17.7 Å². The van der Waals surface area contributed by atoms with Crippen LogP contribution >= 0.6 is 0 Å². The predicted molar refractivity (Wildman–Crippen MR) is 120 cm³/mol. The van der Waals surface area contributed by atoms with E-state index in [0.717, 1.165) is 5.56 Å². The molecule has 33 heavy (non-hydrogen) atoms. The molecule has 0 aliphatic rings. The van der Waals surface area contributed by atoms with Crippen molar-refractivity contribution in [2.75, 3.05) is 26.9 Å². The minimum Gasteiger partial charge on any atom is -0.465 e. The van der Waals surface area contributed by atoms with Crippen LogP contribution in [-0.4, -0.2) is 58.1 Å². The average Bonchev–Trinajstić information content (AvgIpc) is 3.33. The molecule has 1 amide bonds. The summed E-state index contributed by atoms with van der Waals surface area (Å²) < 4.78 is 10.5. The molecule has 2 aromatic carbocycles. The van der Waals surface area contributed by atoms with Crippen LogP contribution in [0.1, 0.15) is 20.7 Å². The van der Waals surface area contributed by atoms with E-state index in [1.165, 1.54) is 18.2 Å². The van der Waals surface area contributed by atoms with Crippen LogP contribution in [0.3, 0.4) is 0 Å². The Morgan fingerprint density at radius 1 is 0.909 bits per heavy atom. The van der Waals surface area contributed by atoms with E-state index in [-0.39, 0.29) is 29.2 Å². The second-order valence-corrected chi connectivity index (χ2v) is 7.25. The number of carbonyl (C=O) groups excluding carboxylic acids is 2. The number of amides is 1. The Labute approximate surface area is 189 Å². The number of nitrogens with zero attached hydrogens (tertiary/aromatic N) is 5. The normalized spacial score (nSPS) is 10.6. The second kappa shape index (κ2) is 8.87. The Morgan fingerprint density at radius 3 is 2.15 bits per heavy atom. The lowest BCUT2D eigenvalue weighted by Crippen LogP contribution is -2.21. The second-order valence-electron chi connectivity index (χ2n) is 7.25. The molecule has 0 radical (unpaired) electrons. The van der Waals surface area contributed by atoms with Gasteiger partial charge in [0.2, 0.25) is 5.89 Å². The summed E-state index contributed by atoms with van der Waals surface area (Å²) >= 11 is 0. The lowest BCUT2D eigenvalue weighted by atomic mass is 10.1.